The largest absolute Gasteiger partial charge is 0.322 e. The molecule has 0 saturated carbocycles. The number of aromatic amines is 1. The van der Waals surface area contributed by atoms with Crippen LogP contribution in [0.25, 0.3) is 27.7 Å². The molecule has 4 aromatic rings. The van der Waals surface area contributed by atoms with Crippen LogP contribution in [-0.4, -0.2) is 24.6 Å². The van der Waals surface area contributed by atoms with Gasteiger partial charge in [0.15, 0.2) is 0 Å². The third-order valence-electron chi connectivity index (χ3n) is 3.84. The smallest absolute Gasteiger partial charge is 0.279 e. The van der Waals surface area contributed by atoms with E-state index in [-0.39, 0.29) is 11.5 Å². The number of aromatic nitrogens is 5. The SMILES string of the molecule is CC(C)c1c(-c2csc(-c3ccccc3)n2)[nH]c2ncnn2c1=O. The lowest BCUT2D eigenvalue weighted by Crippen LogP contribution is -2.22. The molecule has 0 spiro atoms. The second kappa shape index (κ2) is 5.68. The highest BCUT2D eigenvalue weighted by Crippen LogP contribution is 2.30. The van der Waals surface area contributed by atoms with Crippen molar-refractivity contribution in [3.63, 3.8) is 0 Å². The lowest BCUT2D eigenvalue weighted by Gasteiger charge is -2.10. The summed E-state index contributed by atoms with van der Waals surface area (Å²) in [5.74, 6) is 0.466. The van der Waals surface area contributed by atoms with E-state index < -0.39 is 0 Å². The van der Waals surface area contributed by atoms with Gasteiger partial charge in [0.05, 0.1) is 11.4 Å². The first-order valence-electron chi connectivity index (χ1n) is 7.62. The van der Waals surface area contributed by atoms with Gasteiger partial charge in [-0.05, 0) is 5.92 Å². The molecule has 120 valence electrons. The van der Waals surface area contributed by atoms with Crippen molar-refractivity contribution >= 4 is 17.1 Å². The summed E-state index contributed by atoms with van der Waals surface area (Å²) in [5.41, 5.74) is 3.04. The Bertz CT molecular complexity index is 1060. The van der Waals surface area contributed by atoms with Gasteiger partial charge < -0.3 is 4.98 Å². The van der Waals surface area contributed by atoms with Gasteiger partial charge in [-0.1, -0.05) is 44.2 Å². The zero-order chi connectivity index (χ0) is 16.7. The van der Waals surface area contributed by atoms with E-state index in [0.29, 0.717) is 17.0 Å². The van der Waals surface area contributed by atoms with Crippen LogP contribution in [-0.2, 0) is 0 Å². The molecule has 7 heteroatoms. The number of nitrogens with zero attached hydrogens (tertiary/aromatic N) is 4. The number of benzene rings is 1. The number of thiazole rings is 1. The van der Waals surface area contributed by atoms with Crippen LogP contribution in [0.3, 0.4) is 0 Å². The molecular formula is C17H15N5OS. The lowest BCUT2D eigenvalue weighted by molar-refractivity contribution is 0.796. The maximum Gasteiger partial charge on any atom is 0.279 e. The molecule has 1 N–H and O–H groups in total. The normalized spacial score (nSPS) is 11.5. The summed E-state index contributed by atoms with van der Waals surface area (Å²) in [6.07, 6.45) is 1.37. The molecule has 4 rings (SSSR count). The third kappa shape index (κ3) is 2.33. The number of rotatable bonds is 3. The van der Waals surface area contributed by atoms with E-state index in [9.17, 15) is 4.79 Å². The van der Waals surface area contributed by atoms with E-state index in [1.54, 1.807) is 11.3 Å². The summed E-state index contributed by atoms with van der Waals surface area (Å²) in [5, 5.41) is 6.88. The van der Waals surface area contributed by atoms with Crippen molar-refractivity contribution < 1.29 is 0 Å². The van der Waals surface area contributed by atoms with E-state index in [1.807, 2.05) is 49.6 Å². The van der Waals surface area contributed by atoms with Crippen molar-refractivity contribution in [1.82, 2.24) is 24.6 Å². The average molecular weight is 337 g/mol. The molecule has 0 fully saturated rings. The zero-order valence-corrected chi connectivity index (χ0v) is 14.0. The number of H-pyrrole nitrogens is 1. The predicted molar refractivity (Wildman–Crippen MR) is 94.2 cm³/mol. The van der Waals surface area contributed by atoms with Crippen molar-refractivity contribution in [2.45, 2.75) is 19.8 Å². The summed E-state index contributed by atoms with van der Waals surface area (Å²) in [7, 11) is 0. The lowest BCUT2D eigenvalue weighted by atomic mass is 10.0. The minimum absolute atomic E-state index is 0.0409. The number of nitrogens with one attached hydrogen (secondary N) is 1. The molecule has 0 aliphatic rings. The third-order valence-corrected chi connectivity index (χ3v) is 4.73. The van der Waals surface area contributed by atoms with Crippen LogP contribution in [0.4, 0.5) is 0 Å². The number of hydrogen-bond donors (Lipinski definition) is 1. The maximum atomic E-state index is 12.7. The van der Waals surface area contributed by atoms with Gasteiger partial charge >= 0.3 is 0 Å². The molecule has 0 atom stereocenters. The average Bonchev–Trinajstić information content (AvgIpc) is 3.24. The molecule has 3 heterocycles. The Morgan fingerprint density at radius 3 is 2.75 bits per heavy atom. The Kier molecular flexibility index (Phi) is 3.50. The number of hydrogen-bond acceptors (Lipinski definition) is 5. The first-order valence-corrected chi connectivity index (χ1v) is 8.50. The first kappa shape index (κ1) is 14.8. The van der Waals surface area contributed by atoms with Gasteiger partial charge in [0.2, 0.25) is 5.78 Å². The minimum Gasteiger partial charge on any atom is -0.322 e. The van der Waals surface area contributed by atoms with Gasteiger partial charge in [0.1, 0.15) is 11.3 Å². The van der Waals surface area contributed by atoms with Crippen molar-refractivity contribution in [2.24, 2.45) is 0 Å². The first-order chi connectivity index (χ1) is 11.6. The van der Waals surface area contributed by atoms with Crippen LogP contribution >= 0.6 is 11.3 Å². The molecule has 0 unspecified atom stereocenters. The van der Waals surface area contributed by atoms with E-state index in [1.165, 1.54) is 10.8 Å². The van der Waals surface area contributed by atoms with Gasteiger partial charge in [0.25, 0.3) is 5.56 Å². The van der Waals surface area contributed by atoms with Crippen molar-refractivity contribution in [1.29, 1.82) is 0 Å². The monoisotopic (exact) mass is 337 g/mol. The summed E-state index contributed by atoms with van der Waals surface area (Å²) in [6, 6.07) is 10.00. The predicted octanol–water partition coefficient (Wildman–Crippen LogP) is 3.33. The highest BCUT2D eigenvalue weighted by Gasteiger charge is 2.19. The van der Waals surface area contributed by atoms with Gasteiger partial charge in [-0.25, -0.2) is 4.98 Å². The van der Waals surface area contributed by atoms with Gasteiger partial charge in [-0.2, -0.15) is 14.6 Å². The molecule has 0 aliphatic carbocycles. The molecule has 0 bridgehead atoms. The van der Waals surface area contributed by atoms with Crippen LogP contribution < -0.4 is 5.56 Å². The molecule has 3 aromatic heterocycles. The quantitative estimate of drug-likeness (QED) is 0.622. The molecular weight excluding hydrogens is 322 g/mol. The van der Waals surface area contributed by atoms with Crippen molar-refractivity contribution in [3.8, 4) is 22.0 Å². The van der Waals surface area contributed by atoms with E-state index in [0.717, 1.165) is 16.3 Å². The minimum atomic E-state index is -0.152. The fourth-order valence-electron chi connectivity index (χ4n) is 2.72. The van der Waals surface area contributed by atoms with Crippen LogP contribution in [0, 0.1) is 0 Å². The topological polar surface area (TPSA) is 75.9 Å². The number of fused-ring (bicyclic) bond motifs is 1. The van der Waals surface area contributed by atoms with Gasteiger partial charge in [-0.3, -0.25) is 4.79 Å². The summed E-state index contributed by atoms with van der Waals surface area (Å²) in [6.45, 7) is 3.97. The van der Waals surface area contributed by atoms with Crippen molar-refractivity contribution in [2.75, 3.05) is 0 Å². The fraction of sp³-hybridized carbons (Fsp3) is 0.176. The summed E-state index contributed by atoms with van der Waals surface area (Å²) < 4.78 is 1.29. The van der Waals surface area contributed by atoms with Gasteiger partial charge in [-0.15, -0.1) is 11.3 Å². The summed E-state index contributed by atoms with van der Waals surface area (Å²) in [4.78, 5) is 24.8. The van der Waals surface area contributed by atoms with Gasteiger partial charge in [0, 0.05) is 16.5 Å². The van der Waals surface area contributed by atoms with E-state index >= 15 is 0 Å². The Morgan fingerprint density at radius 2 is 2.00 bits per heavy atom. The molecule has 6 nitrogen and oxygen atoms in total. The van der Waals surface area contributed by atoms with E-state index in [4.69, 9.17) is 4.98 Å². The molecule has 1 aromatic carbocycles. The Balaban J connectivity index is 1.92. The fourth-order valence-corrected chi connectivity index (χ4v) is 3.53. The Morgan fingerprint density at radius 1 is 1.21 bits per heavy atom. The van der Waals surface area contributed by atoms with Crippen molar-refractivity contribution in [3.05, 3.63) is 58.0 Å². The molecule has 24 heavy (non-hydrogen) atoms. The standard InChI is InChI=1S/C17H15N5OS/c1-10(2)13-14(21-17-18-9-19-22(17)16(13)23)12-8-24-15(20-12)11-6-4-3-5-7-11/h3-10H,1-2H3,(H,18,19,21). The second-order valence-electron chi connectivity index (χ2n) is 5.77. The molecule has 0 radical (unpaired) electrons. The maximum absolute atomic E-state index is 12.7. The summed E-state index contributed by atoms with van der Waals surface area (Å²) >= 11 is 1.56. The highest BCUT2D eigenvalue weighted by atomic mass is 32.1. The zero-order valence-electron chi connectivity index (χ0n) is 13.2. The van der Waals surface area contributed by atoms with E-state index in [2.05, 4.69) is 15.1 Å². The Hall–Kier alpha value is -2.80. The van der Waals surface area contributed by atoms with Crippen LogP contribution in [0.15, 0.2) is 46.8 Å². The molecule has 0 amide bonds. The molecule has 0 saturated heterocycles. The van der Waals surface area contributed by atoms with Crippen LogP contribution in [0.1, 0.15) is 25.3 Å². The van der Waals surface area contributed by atoms with Crippen LogP contribution in [0.2, 0.25) is 0 Å². The Labute approximate surface area is 141 Å². The second-order valence-corrected chi connectivity index (χ2v) is 6.63. The van der Waals surface area contributed by atoms with Crippen LogP contribution in [0.5, 0.6) is 0 Å². The highest BCUT2D eigenvalue weighted by molar-refractivity contribution is 7.13. The molecule has 0 aliphatic heterocycles.